The van der Waals surface area contributed by atoms with Gasteiger partial charge in [-0.3, -0.25) is 0 Å². The van der Waals surface area contributed by atoms with Crippen molar-refractivity contribution < 1.29 is 4.42 Å². The lowest BCUT2D eigenvalue weighted by atomic mass is 9.90. The standard InChI is InChI=1S/C28H24O2/c29-28-26-15-8-7-14-24(26)25(27(30-28)22-18-19-22)17-9-16-23(20-10-3-1-4-11-20)21-12-5-2-6-13-21/h1-16,22-23H,17-19H2/b16-9+. The third kappa shape index (κ3) is 3.73. The van der Waals surface area contributed by atoms with Gasteiger partial charge in [-0.25, -0.2) is 4.79 Å². The minimum absolute atomic E-state index is 0.193. The fourth-order valence-electron chi connectivity index (χ4n) is 4.22. The zero-order valence-electron chi connectivity index (χ0n) is 16.8. The van der Waals surface area contributed by atoms with Crippen LogP contribution in [0.25, 0.3) is 10.8 Å². The summed E-state index contributed by atoms with van der Waals surface area (Å²) in [6.07, 6.45) is 7.48. The van der Waals surface area contributed by atoms with Crippen molar-refractivity contribution in [2.45, 2.75) is 31.1 Å². The zero-order chi connectivity index (χ0) is 20.3. The fraction of sp³-hybridized carbons (Fsp3) is 0.179. The largest absolute Gasteiger partial charge is 0.427 e. The van der Waals surface area contributed by atoms with Crippen molar-refractivity contribution in [3.05, 3.63) is 130 Å². The highest BCUT2D eigenvalue weighted by Gasteiger charge is 2.30. The Kier molecular flexibility index (Phi) is 5.06. The summed E-state index contributed by atoms with van der Waals surface area (Å²) in [4.78, 5) is 12.5. The van der Waals surface area contributed by atoms with Crippen LogP contribution in [-0.4, -0.2) is 0 Å². The van der Waals surface area contributed by atoms with E-state index in [1.165, 1.54) is 11.1 Å². The SMILES string of the molecule is O=c1oc(C2CC2)c(C/C=C/C(c2ccccc2)c2ccccc2)c2ccccc12. The van der Waals surface area contributed by atoms with Gasteiger partial charge in [0.25, 0.3) is 0 Å². The molecule has 148 valence electrons. The molecule has 0 aliphatic heterocycles. The number of allylic oxidation sites excluding steroid dienone is 2. The minimum atomic E-state index is -0.216. The first kappa shape index (κ1) is 18.6. The molecule has 1 aliphatic rings. The molecule has 0 saturated heterocycles. The molecule has 0 spiro atoms. The van der Waals surface area contributed by atoms with Crippen LogP contribution in [0.3, 0.4) is 0 Å². The van der Waals surface area contributed by atoms with Crippen LogP contribution in [0.1, 0.15) is 47.1 Å². The summed E-state index contributed by atoms with van der Waals surface area (Å²) in [5, 5.41) is 1.70. The number of hydrogen-bond acceptors (Lipinski definition) is 2. The average molecular weight is 392 g/mol. The van der Waals surface area contributed by atoms with Gasteiger partial charge in [0.1, 0.15) is 5.76 Å². The highest BCUT2D eigenvalue weighted by molar-refractivity contribution is 5.85. The molecule has 1 aromatic heterocycles. The first-order valence-electron chi connectivity index (χ1n) is 10.6. The maximum absolute atomic E-state index is 12.5. The Balaban J connectivity index is 1.53. The van der Waals surface area contributed by atoms with E-state index < -0.39 is 0 Å². The van der Waals surface area contributed by atoms with Crippen LogP contribution in [-0.2, 0) is 6.42 Å². The van der Waals surface area contributed by atoms with Crippen molar-refractivity contribution >= 4 is 10.8 Å². The molecule has 0 amide bonds. The second-order valence-electron chi connectivity index (χ2n) is 7.98. The van der Waals surface area contributed by atoms with Crippen molar-refractivity contribution in [2.75, 3.05) is 0 Å². The molecule has 2 heteroatoms. The molecule has 1 saturated carbocycles. The van der Waals surface area contributed by atoms with E-state index in [0.29, 0.717) is 11.3 Å². The molecule has 1 heterocycles. The predicted octanol–water partition coefficient (Wildman–Crippen LogP) is 6.60. The Morgan fingerprint density at radius 2 is 1.37 bits per heavy atom. The number of benzene rings is 3. The van der Waals surface area contributed by atoms with Crippen LogP contribution in [0.15, 0.2) is 106 Å². The monoisotopic (exact) mass is 392 g/mol. The second-order valence-corrected chi connectivity index (χ2v) is 7.98. The fourth-order valence-corrected chi connectivity index (χ4v) is 4.22. The lowest BCUT2D eigenvalue weighted by Crippen LogP contribution is -2.06. The van der Waals surface area contributed by atoms with Crippen LogP contribution in [0.2, 0.25) is 0 Å². The van der Waals surface area contributed by atoms with Crippen molar-refractivity contribution in [2.24, 2.45) is 0 Å². The van der Waals surface area contributed by atoms with Crippen LogP contribution in [0.4, 0.5) is 0 Å². The Morgan fingerprint density at radius 1 is 0.800 bits per heavy atom. The van der Waals surface area contributed by atoms with Gasteiger partial charge in [0.05, 0.1) is 5.39 Å². The number of fused-ring (bicyclic) bond motifs is 1. The molecule has 3 aromatic carbocycles. The van der Waals surface area contributed by atoms with E-state index in [1.807, 2.05) is 24.3 Å². The van der Waals surface area contributed by atoms with Gasteiger partial charge >= 0.3 is 5.63 Å². The van der Waals surface area contributed by atoms with Gasteiger partial charge in [-0.1, -0.05) is 91.0 Å². The topological polar surface area (TPSA) is 30.2 Å². The smallest absolute Gasteiger partial charge is 0.343 e. The Labute approximate surface area is 176 Å². The van der Waals surface area contributed by atoms with Crippen LogP contribution in [0, 0.1) is 0 Å². The highest BCUT2D eigenvalue weighted by atomic mass is 16.4. The first-order chi connectivity index (χ1) is 14.8. The van der Waals surface area contributed by atoms with E-state index in [9.17, 15) is 4.79 Å². The molecule has 0 unspecified atom stereocenters. The van der Waals surface area contributed by atoms with Gasteiger partial charge in [-0.15, -0.1) is 0 Å². The summed E-state index contributed by atoms with van der Waals surface area (Å²) >= 11 is 0. The normalized spacial score (nSPS) is 14.0. The maximum Gasteiger partial charge on any atom is 0.343 e. The predicted molar refractivity (Wildman–Crippen MR) is 122 cm³/mol. The zero-order valence-corrected chi connectivity index (χ0v) is 16.8. The number of rotatable bonds is 6. The van der Waals surface area contributed by atoms with Crippen LogP contribution < -0.4 is 5.63 Å². The second kappa shape index (κ2) is 8.16. The third-order valence-electron chi connectivity index (χ3n) is 5.89. The Bertz CT molecular complexity index is 1190. The summed E-state index contributed by atoms with van der Waals surface area (Å²) in [5.74, 6) is 1.47. The lowest BCUT2D eigenvalue weighted by molar-refractivity contribution is 0.463. The molecule has 5 rings (SSSR count). The summed E-state index contributed by atoms with van der Waals surface area (Å²) in [6, 6.07) is 29.0. The molecular weight excluding hydrogens is 368 g/mol. The lowest BCUT2D eigenvalue weighted by Gasteiger charge is -2.14. The summed E-state index contributed by atoms with van der Waals surface area (Å²) in [6.45, 7) is 0. The quantitative estimate of drug-likeness (QED) is 0.346. The minimum Gasteiger partial charge on any atom is -0.427 e. The molecule has 0 bridgehead atoms. The van der Waals surface area contributed by atoms with Crippen molar-refractivity contribution in [3.63, 3.8) is 0 Å². The molecule has 1 aliphatic carbocycles. The van der Waals surface area contributed by atoms with Crippen molar-refractivity contribution in [1.82, 2.24) is 0 Å². The van der Waals surface area contributed by atoms with Gasteiger partial charge in [-0.05, 0) is 41.8 Å². The van der Waals surface area contributed by atoms with Gasteiger partial charge < -0.3 is 4.42 Å². The van der Waals surface area contributed by atoms with Gasteiger partial charge in [0.2, 0.25) is 0 Å². The van der Waals surface area contributed by atoms with Crippen molar-refractivity contribution in [1.29, 1.82) is 0 Å². The molecule has 4 aromatic rings. The Hall–Kier alpha value is -3.39. The van der Waals surface area contributed by atoms with Gasteiger partial charge in [-0.2, -0.15) is 0 Å². The first-order valence-corrected chi connectivity index (χ1v) is 10.6. The molecule has 0 atom stereocenters. The Morgan fingerprint density at radius 3 is 1.97 bits per heavy atom. The molecule has 0 radical (unpaired) electrons. The average Bonchev–Trinajstić information content (AvgIpc) is 3.64. The summed E-state index contributed by atoms with van der Waals surface area (Å²) < 4.78 is 5.78. The van der Waals surface area contributed by atoms with Gasteiger partial charge in [0.15, 0.2) is 0 Å². The highest BCUT2D eigenvalue weighted by Crippen LogP contribution is 2.42. The van der Waals surface area contributed by atoms with E-state index >= 15 is 0 Å². The van der Waals surface area contributed by atoms with E-state index in [0.717, 1.165) is 36.0 Å². The maximum atomic E-state index is 12.5. The molecule has 30 heavy (non-hydrogen) atoms. The van der Waals surface area contributed by atoms with E-state index in [1.54, 1.807) is 0 Å². The summed E-state index contributed by atoms with van der Waals surface area (Å²) in [5.41, 5.74) is 3.48. The van der Waals surface area contributed by atoms with E-state index in [2.05, 4.69) is 72.8 Å². The van der Waals surface area contributed by atoms with E-state index in [-0.39, 0.29) is 11.5 Å². The number of hydrogen-bond donors (Lipinski definition) is 0. The molecular formula is C28H24O2. The molecule has 2 nitrogen and oxygen atoms in total. The molecule has 0 N–H and O–H groups in total. The van der Waals surface area contributed by atoms with E-state index in [4.69, 9.17) is 4.42 Å². The van der Waals surface area contributed by atoms with Crippen molar-refractivity contribution in [3.8, 4) is 0 Å². The van der Waals surface area contributed by atoms with Gasteiger partial charge in [0, 0.05) is 17.4 Å². The molecule has 1 fully saturated rings. The summed E-state index contributed by atoms with van der Waals surface area (Å²) in [7, 11) is 0. The van der Waals surface area contributed by atoms with Crippen LogP contribution in [0.5, 0.6) is 0 Å². The van der Waals surface area contributed by atoms with Crippen LogP contribution >= 0.6 is 0 Å². The third-order valence-corrected chi connectivity index (χ3v) is 5.89.